The quantitative estimate of drug-likeness (QED) is 0.0372. The van der Waals surface area contributed by atoms with E-state index in [1.54, 1.807) is 24.3 Å². The Morgan fingerprint density at radius 3 is 0.913 bits per heavy atom. The van der Waals surface area contributed by atoms with E-state index in [0.29, 0.717) is 24.3 Å². The van der Waals surface area contributed by atoms with Crippen LogP contribution in [0, 0.1) is 23.7 Å². The van der Waals surface area contributed by atoms with Crippen LogP contribution in [-0.4, -0.2) is 55.8 Å². The summed E-state index contributed by atoms with van der Waals surface area (Å²) in [5, 5.41) is 0. The minimum atomic E-state index is -0.593. The Kier molecular flexibility index (Phi) is 30.3. The van der Waals surface area contributed by atoms with Gasteiger partial charge >= 0.3 is 23.9 Å². The molecule has 380 valence electrons. The molecule has 4 aromatic carbocycles. The van der Waals surface area contributed by atoms with Gasteiger partial charge in [-0.1, -0.05) is 205 Å². The highest BCUT2D eigenvalue weighted by Crippen LogP contribution is 2.32. The van der Waals surface area contributed by atoms with Crippen LogP contribution in [-0.2, 0) is 18.9 Å². The van der Waals surface area contributed by atoms with Gasteiger partial charge in [-0.3, -0.25) is 0 Å². The fourth-order valence-corrected chi connectivity index (χ4v) is 8.10. The molecule has 0 saturated carbocycles. The highest BCUT2D eigenvalue weighted by atomic mass is 16.5. The van der Waals surface area contributed by atoms with E-state index in [9.17, 15) is 19.2 Å². The summed E-state index contributed by atoms with van der Waals surface area (Å²) in [6.45, 7) is 18.0. The zero-order chi connectivity index (χ0) is 49.5. The number of hydrogen-bond acceptors (Lipinski definition) is 8. The van der Waals surface area contributed by atoms with Crippen LogP contribution in [0.1, 0.15) is 200 Å². The molecular formula is C60H86O9. The van der Waals surface area contributed by atoms with E-state index in [-0.39, 0.29) is 64.6 Å². The average Bonchev–Trinajstić information content (AvgIpc) is 3.38. The predicted molar refractivity (Wildman–Crippen MR) is 282 cm³/mol. The van der Waals surface area contributed by atoms with E-state index in [1.165, 1.54) is 23.3 Å². The number of unbranched alkanes of at least 4 members (excludes halogenated alkanes) is 4. The lowest BCUT2D eigenvalue weighted by Gasteiger charge is -2.19. The first-order valence-electron chi connectivity index (χ1n) is 26.1. The number of hydrogen-bond donors (Lipinski definition) is 0. The van der Waals surface area contributed by atoms with Gasteiger partial charge in [-0.2, -0.15) is 0 Å². The first kappa shape index (κ1) is 59.8. The molecule has 0 bridgehead atoms. The Balaban J connectivity index is 0.00000108. The summed E-state index contributed by atoms with van der Waals surface area (Å²) in [7, 11) is 0. The van der Waals surface area contributed by atoms with Crippen molar-refractivity contribution in [3.05, 3.63) is 119 Å². The molecule has 0 heterocycles. The summed E-state index contributed by atoms with van der Waals surface area (Å²) >= 11 is 0. The summed E-state index contributed by atoms with van der Waals surface area (Å²) in [6, 6.07) is 30.4. The Hall–Kier alpha value is -5.28. The Bertz CT molecular complexity index is 1900. The molecule has 4 unspecified atom stereocenters. The summed E-state index contributed by atoms with van der Waals surface area (Å²) in [5.74, 6) is -1.30. The molecule has 9 nitrogen and oxygen atoms in total. The van der Waals surface area contributed by atoms with Gasteiger partial charge in [0, 0.05) is 0 Å². The molecule has 0 amide bonds. The lowest BCUT2D eigenvalue weighted by molar-refractivity contribution is 0.0407. The SMILES string of the molecule is CCCCC(CC)COC(=O)c1ccc(-c2ccc(C(=O)OCC(CC)CCCC)cc2C(=O)OCC(CC)CCCC)c(C(=O)OCC(CC)CCCC)c1.O.c1ccc(-c2ccccc2)cc1. The number of esters is 4. The van der Waals surface area contributed by atoms with Crippen LogP contribution in [0.5, 0.6) is 0 Å². The molecular weight excluding hydrogens is 865 g/mol. The lowest BCUT2D eigenvalue weighted by Crippen LogP contribution is -2.18. The number of benzene rings is 4. The molecule has 0 aromatic heterocycles. The van der Waals surface area contributed by atoms with Gasteiger partial charge in [0.1, 0.15) is 0 Å². The maximum atomic E-state index is 14.0. The monoisotopic (exact) mass is 951 g/mol. The molecule has 9 heteroatoms. The predicted octanol–water partition coefficient (Wildman–Crippen LogP) is 15.4. The number of rotatable bonds is 30. The molecule has 0 radical (unpaired) electrons. The average molecular weight is 951 g/mol. The minimum Gasteiger partial charge on any atom is -0.462 e. The Labute approximate surface area is 415 Å². The third-order valence-corrected chi connectivity index (χ3v) is 13.1. The van der Waals surface area contributed by atoms with Crippen molar-refractivity contribution in [1.82, 2.24) is 0 Å². The van der Waals surface area contributed by atoms with Gasteiger partial charge in [0.15, 0.2) is 0 Å². The second kappa shape index (κ2) is 34.9. The molecule has 4 aromatic rings. The van der Waals surface area contributed by atoms with E-state index in [2.05, 4.69) is 104 Å². The Morgan fingerprint density at radius 1 is 0.377 bits per heavy atom. The smallest absolute Gasteiger partial charge is 0.338 e. The molecule has 0 saturated heterocycles. The van der Waals surface area contributed by atoms with Crippen molar-refractivity contribution in [2.45, 2.75) is 158 Å². The third kappa shape index (κ3) is 21.1. The van der Waals surface area contributed by atoms with Crippen molar-refractivity contribution < 1.29 is 43.6 Å². The molecule has 0 spiro atoms. The van der Waals surface area contributed by atoms with Crippen LogP contribution >= 0.6 is 0 Å². The normalized spacial score (nSPS) is 12.5. The fourth-order valence-electron chi connectivity index (χ4n) is 8.10. The van der Waals surface area contributed by atoms with Crippen LogP contribution in [0.4, 0.5) is 0 Å². The van der Waals surface area contributed by atoms with Crippen molar-refractivity contribution in [2.75, 3.05) is 26.4 Å². The van der Waals surface area contributed by atoms with Crippen molar-refractivity contribution in [3.63, 3.8) is 0 Å². The van der Waals surface area contributed by atoms with Gasteiger partial charge in [0.05, 0.1) is 48.7 Å². The standard InChI is InChI=1S/C48H74O8.C12H10.H2O/c1-9-17-21-35(13-5)31-53-45(49)39-25-27-41(43(29-39)47(51)55-33-37(15-7)23-19-11-3)42-28-26-40(46(50)54-32-36(14-6)22-18-10-2)30-44(42)48(52)56-34-38(16-8)24-20-12-4;1-3-7-11(8-4-1)12-9-5-2-6-10-12;/h25-30,35-38H,9-24,31-34H2,1-8H3;1-10H;1H2. The van der Waals surface area contributed by atoms with Crippen LogP contribution in [0.2, 0.25) is 0 Å². The lowest BCUT2D eigenvalue weighted by atomic mass is 9.92. The molecule has 0 fully saturated rings. The number of ether oxygens (including phenoxy) is 4. The first-order chi connectivity index (χ1) is 33.1. The largest absolute Gasteiger partial charge is 0.462 e. The minimum absolute atomic E-state index is 0. The van der Waals surface area contributed by atoms with Crippen LogP contribution < -0.4 is 0 Å². The highest BCUT2D eigenvalue weighted by Gasteiger charge is 2.26. The van der Waals surface area contributed by atoms with Gasteiger partial charge in [0.25, 0.3) is 0 Å². The van der Waals surface area contributed by atoms with Gasteiger partial charge in [0.2, 0.25) is 0 Å². The number of carbonyl (C=O) groups excluding carboxylic acids is 4. The van der Waals surface area contributed by atoms with Gasteiger partial charge in [-0.15, -0.1) is 0 Å². The molecule has 2 N–H and O–H groups in total. The summed E-state index contributed by atoms with van der Waals surface area (Å²) in [4.78, 5) is 54.9. The maximum absolute atomic E-state index is 14.0. The molecule has 0 aliphatic carbocycles. The van der Waals surface area contributed by atoms with Crippen LogP contribution in [0.3, 0.4) is 0 Å². The van der Waals surface area contributed by atoms with Crippen molar-refractivity contribution in [3.8, 4) is 22.3 Å². The van der Waals surface area contributed by atoms with E-state index >= 15 is 0 Å². The van der Waals surface area contributed by atoms with Gasteiger partial charge < -0.3 is 24.4 Å². The zero-order valence-corrected chi connectivity index (χ0v) is 43.5. The first-order valence-corrected chi connectivity index (χ1v) is 26.1. The molecule has 4 atom stereocenters. The van der Waals surface area contributed by atoms with Crippen molar-refractivity contribution in [2.24, 2.45) is 23.7 Å². The van der Waals surface area contributed by atoms with E-state index in [4.69, 9.17) is 18.9 Å². The van der Waals surface area contributed by atoms with E-state index in [1.807, 2.05) is 12.1 Å². The van der Waals surface area contributed by atoms with Crippen molar-refractivity contribution in [1.29, 1.82) is 0 Å². The van der Waals surface area contributed by atoms with Gasteiger partial charge in [-0.05, 0) is 95.9 Å². The van der Waals surface area contributed by atoms with Crippen molar-refractivity contribution >= 4 is 23.9 Å². The fraction of sp³-hybridized carbons (Fsp3) is 0.533. The second-order valence-corrected chi connectivity index (χ2v) is 18.3. The van der Waals surface area contributed by atoms with Crippen LogP contribution in [0.15, 0.2) is 97.1 Å². The zero-order valence-electron chi connectivity index (χ0n) is 43.5. The Morgan fingerprint density at radius 2 is 0.652 bits per heavy atom. The van der Waals surface area contributed by atoms with E-state index < -0.39 is 23.9 Å². The molecule has 0 aliphatic rings. The number of carbonyl (C=O) groups is 4. The maximum Gasteiger partial charge on any atom is 0.338 e. The van der Waals surface area contributed by atoms with Gasteiger partial charge in [-0.25, -0.2) is 19.2 Å². The highest BCUT2D eigenvalue weighted by molar-refractivity contribution is 6.06. The molecule has 69 heavy (non-hydrogen) atoms. The van der Waals surface area contributed by atoms with E-state index in [0.717, 1.165) is 103 Å². The summed E-state index contributed by atoms with van der Waals surface area (Å²) in [5.41, 5.74) is 4.09. The third-order valence-electron chi connectivity index (χ3n) is 13.1. The second-order valence-electron chi connectivity index (χ2n) is 18.3. The summed E-state index contributed by atoms with van der Waals surface area (Å²) in [6.07, 6.45) is 15.8. The topological polar surface area (TPSA) is 137 Å². The summed E-state index contributed by atoms with van der Waals surface area (Å²) < 4.78 is 23.4. The molecule has 0 aliphatic heterocycles. The molecule has 4 rings (SSSR count). The van der Waals surface area contributed by atoms with Crippen LogP contribution in [0.25, 0.3) is 22.3 Å².